The van der Waals surface area contributed by atoms with Gasteiger partial charge in [0.15, 0.2) is 0 Å². The highest BCUT2D eigenvalue weighted by molar-refractivity contribution is 5.40. The molecule has 0 aliphatic carbocycles. The Morgan fingerprint density at radius 3 is 2.71 bits per heavy atom. The van der Waals surface area contributed by atoms with Crippen LogP contribution >= 0.6 is 0 Å². The molecule has 1 unspecified atom stereocenters. The lowest BCUT2D eigenvalue weighted by Crippen LogP contribution is -2.27. The van der Waals surface area contributed by atoms with Gasteiger partial charge in [-0.05, 0) is 74.7 Å². The van der Waals surface area contributed by atoms with Crippen LogP contribution in [0.25, 0.3) is 0 Å². The first-order chi connectivity index (χ1) is 10.2. The second-order valence-electron chi connectivity index (χ2n) is 6.42. The Balaban J connectivity index is 1.87. The van der Waals surface area contributed by atoms with E-state index in [-0.39, 0.29) is 0 Å². The lowest BCUT2D eigenvalue weighted by Gasteiger charge is -2.23. The molecule has 0 radical (unpaired) electrons. The van der Waals surface area contributed by atoms with Crippen LogP contribution in [-0.4, -0.2) is 13.1 Å². The molecule has 1 N–H and O–H groups in total. The van der Waals surface area contributed by atoms with Gasteiger partial charge in [0.2, 0.25) is 0 Å². The smallest absolute Gasteiger partial charge is 0.0994 e. The molecule has 1 aliphatic heterocycles. The summed E-state index contributed by atoms with van der Waals surface area (Å²) in [6.45, 7) is 6.74. The molecule has 0 saturated carbocycles. The summed E-state index contributed by atoms with van der Waals surface area (Å²) in [6, 6.07) is 8.62. The number of nitriles is 1. The van der Waals surface area contributed by atoms with Crippen molar-refractivity contribution in [1.29, 1.82) is 5.26 Å². The number of rotatable bonds is 6. The zero-order valence-corrected chi connectivity index (χ0v) is 13.5. The molecule has 0 spiro atoms. The fourth-order valence-corrected chi connectivity index (χ4v) is 3.50. The van der Waals surface area contributed by atoms with Crippen LogP contribution in [0.1, 0.15) is 68.1 Å². The third-order valence-electron chi connectivity index (χ3n) is 4.96. The average molecular weight is 284 g/mol. The van der Waals surface area contributed by atoms with E-state index in [1.807, 2.05) is 13.0 Å². The van der Waals surface area contributed by atoms with E-state index in [0.717, 1.165) is 17.0 Å². The minimum atomic E-state index is 0.651. The minimum Gasteiger partial charge on any atom is -0.317 e. The number of hydrogen-bond acceptors (Lipinski definition) is 2. The van der Waals surface area contributed by atoms with Gasteiger partial charge in [-0.3, -0.25) is 0 Å². The highest BCUT2D eigenvalue weighted by Gasteiger charge is 2.15. The van der Waals surface area contributed by atoms with Crippen LogP contribution < -0.4 is 5.32 Å². The molecule has 1 fully saturated rings. The van der Waals surface area contributed by atoms with E-state index >= 15 is 0 Å². The van der Waals surface area contributed by atoms with Gasteiger partial charge in [-0.15, -0.1) is 0 Å². The number of piperidine rings is 1. The van der Waals surface area contributed by atoms with E-state index in [1.54, 1.807) is 0 Å². The second-order valence-corrected chi connectivity index (χ2v) is 6.42. The van der Waals surface area contributed by atoms with E-state index in [2.05, 4.69) is 30.4 Å². The Kier molecular flexibility index (Phi) is 6.26. The molecule has 2 rings (SSSR count). The van der Waals surface area contributed by atoms with Crippen LogP contribution in [-0.2, 0) is 0 Å². The quantitative estimate of drug-likeness (QED) is 0.833. The van der Waals surface area contributed by atoms with Crippen molar-refractivity contribution >= 4 is 0 Å². The molecule has 0 bridgehead atoms. The average Bonchev–Trinajstić information content (AvgIpc) is 2.52. The fourth-order valence-electron chi connectivity index (χ4n) is 3.50. The third-order valence-corrected chi connectivity index (χ3v) is 4.96. The first kappa shape index (κ1) is 16.0. The molecule has 114 valence electrons. The standard InChI is InChI=1S/C19H28N2/c1-3-17(6-4-5-16-9-11-21-12-10-16)18-7-8-19(14-20)15(2)13-18/h7-8,13,16-17,21H,3-6,9-12H2,1-2H3. The topological polar surface area (TPSA) is 35.8 Å². The van der Waals surface area contributed by atoms with Gasteiger partial charge < -0.3 is 5.32 Å². The number of nitrogens with one attached hydrogen (secondary N) is 1. The summed E-state index contributed by atoms with van der Waals surface area (Å²) in [4.78, 5) is 0. The lowest BCUT2D eigenvalue weighted by molar-refractivity contribution is 0.339. The molecule has 1 aliphatic rings. The van der Waals surface area contributed by atoms with Crippen LogP contribution in [0.15, 0.2) is 18.2 Å². The monoisotopic (exact) mass is 284 g/mol. The molecule has 0 aromatic heterocycles. The molecule has 1 atom stereocenters. The van der Waals surface area contributed by atoms with Gasteiger partial charge in [0.05, 0.1) is 11.6 Å². The van der Waals surface area contributed by atoms with E-state index in [9.17, 15) is 0 Å². The fraction of sp³-hybridized carbons (Fsp3) is 0.632. The highest BCUT2D eigenvalue weighted by Crippen LogP contribution is 2.29. The SMILES string of the molecule is CCC(CCCC1CCNCC1)c1ccc(C#N)c(C)c1. The summed E-state index contributed by atoms with van der Waals surface area (Å²) < 4.78 is 0. The van der Waals surface area contributed by atoms with Crippen LogP contribution in [0.5, 0.6) is 0 Å². The molecule has 2 heteroatoms. The Hall–Kier alpha value is -1.33. The predicted octanol–water partition coefficient (Wildman–Crippen LogP) is 4.53. The van der Waals surface area contributed by atoms with Gasteiger partial charge in [-0.25, -0.2) is 0 Å². The highest BCUT2D eigenvalue weighted by atomic mass is 14.9. The van der Waals surface area contributed by atoms with Gasteiger partial charge in [0, 0.05) is 0 Å². The summed E-state index contributed by atoms with van der Waals surface area (Å²) in [5.74, 6) is 1.59. The van der Waals surface area contributed by atoms with Gasteiger partial charge in [-0.2, -0.15) is 5.26 Å². The molecule has 2 nitrogen and oxygen atoms in total. The van der Waals surface area contributed by atoms with E-state index in [1.165, 1.54) is 57.2 Å². The summed E-state index contributed by atoms with van der Waals surface area (Å²) >= 11 is 0. The van der Waals surface area contributed by atoms with Crippen LogP contribution in [0.2, 0.25) is 0 Å². The number of aryl methyl sites for hydroxylation is 1. The van der Waals surface area contributed by atoms with Gasteiger partial charge in [0.1, 0.15) is 0 Å². The lowest BCUT2D eigenvalue weighted by atomic mass is 9.86. The van der Waals surface area contributed by atoms with Crippen molar-refractivity contribution in [1.82, 2.24) is 5.32 Å². The zero-order chi connectivity index (χ0) is 15.1. The first-order valence-electron chi connectivity index (χ1n) is 8.46. The molecular formula is C19H28N2. The summed E-state index contributed by atoms with van der Waals surface area (Å²) in [7, 11) is 0. The van der Waals surface area contributed by atoms with Crippen molar-refractivity contribution in [2.45, 2.75) is 58.3 Å². The predicted molar refractivity (Wildman–Crippen MR) is 88.4 cm³/mol. The Labute approximate surface area is 129 Å². The number of hydrogen-bond donors (Lipinski definition) is 1. The maximum atomic E-state index is 9.04. The summed E-state index contributed by atoms with van der Waals surface area (Å²) in [6.07, 6.45) is 7.90. The van der Waals surface area contributed by atoms with Crippen LogP contribution in [0.3, 0.4) is 0 Å². The molecule has 1 heterocycles. The molecule has 21 heavy (non-hydrogen) atoms. The van der Waals surface area contributed by atoms with E-state index in [0.29, 0.717) is 5.92 Å². The first-order valence-corrected chi connectivity index (χ1v) is 8.46. The van der Waals surface area contributed by atoms with Gasteiger partial charge in [0.25, 0.3) is 0 Å². The van der Waals surface area contributed by atoms with Crippen LogP contribution in [0, 0.1) is 24.2 Å². The van der Waals surface area contributed by atoms with Crippen molar-refractivity contribution in [2.24, 2.45) is 5.92 Å². The molecule has 0 amide bonds. The maximum absolute atomic E-state index is 9.04. The van der Waals surface area contributed by atoms with Crippen LogP contribution in [0.4, 0.5) is 0 Å². The zero-order valence-electron chi connectivity index (χ0n) is 13.5. The van der Waals surface area contributed by atoms with Crippen molar-refractivity contribution in [3.8, 4) is 6.07 Å². The van der Waals surface area contributed by atoms with E-state index in [4.69, 9.17) is 5.26 Å². The normalized spacial score (nSPS) is 17.4. The Morgan fingerprint density at radius 1 is 1.33 bits per heavy atom. The van der Waals surface area contributed by atoms with Gasteiger partial charge >= 0.3 is 0 Å². The van der Waals surface area contributed by atoms with Crippen molar-refractivity contribution in [2.75, 3.05) is 13.1 Å². The molecular weight excluding hydrogens is 256 g/mol. The largest absolute Gasteiger partial charge is 0.317 e. The molecule has 1 saturated heterocycles. The summed E-state index contributed by atoms with van der Waals surface area (Å²) in [5, 5.41) is 12.5. The second kappa shape index (κ2) is 8.20. The van der Waals surface area contributed by atoms with E-state index < -0.39 is 0 Å². The summed E-state index contributed by atoms with van der Waals surface area (Å²) in [5.41, 5.74) is 3.34. The number of nitrogens with zero attached hydrogens (tertiary/aromatic N) is 1. The molecule has 1 aromatic rings. The Morgan fingerprint density at radius 2 is 2.10 bits per heavy atom. The van der Waals surface area contributed by atoms with Crippen molar-refractivity contribution in [3.05, 3.63) is 34.9 Å². The van der Waals surface area contributed by atoms with Crippen molar-refractivity contribution < 1.29 is 0 Å². The molecule has 1 aromatic carbocycles. The number of benzene rings is 1. The maximum Gasteiger partial charge on any atom is 0.0994 e. The van der Waals surface area contributed by atoms with Gasteiger partial charge in [-0.1, -0.05) is 31.9 Å². The Bertz CT molecular complexity index is 481. The minimum absolute atomic E-state index is 0.651. The van der Waals surface area contributed by atoms with Crippen molar-refractivity contribution in [3.63, 3.8) is 0 Å². The third kappa shape index (κ3) is 4.58.